The number of carbonyl (C=O) groups excluding carboxylic acids is 1. The minimum atomic E-state index is -0.463. The van der Waals surface area contributed by atoms with Crippen LogP contribution in [0.3, 0.4) is 0 Å². The summed E-state index contributed by atoms with van der Waals surface area (Å²) in [6.07, 6.45) is 7.55. The van der Waals surface area contributed by atoms with E-state index in [-0.39, 0.29) is 17.2 Å². The van der Waals surface area contributed by atoms with Gasteiger partial charge in [0, 0.05) is 33.2 Å². The number of rotatable bonds is 5. The average Bonchev–Trinajstić information content (AvgIpc) is 2.96. The van der Waals surface area contributed by atoms with E-state index in [0.29, 0.717) is 30.1 Å². The van der Waals surface area contributed by atoms with Crippen LogP contribution in [-0.4, -0.2) is 39.2 Å². The lowest BCUT2D eigenvalue weighted by atomic mass is 10.1. The number of hydrogen-bond acceptors (Lipinski definition) is 5. The average molecular weight is 387 g/mol. The second-order valence-electron chi connectivity index (χ2n) is 7.63. The van der Waals surface area contributed by atoms with E-state index in [4.69, 9.17) is 0 Å². The molecule has 152 valence electrons. The van der Waals surface area contributed by atoms with E-state index >= 15 is 0 Å². The molecule has 1 aliphatic carbocycles. The molecule has 0 unspecified atom stereocenters. The molecule has 8 heteroatoms. The largest absolute Gasteiger partial charge is 0.349 e. The van der Waals surface area contributed by atoms with E-state index in [0.717, 1.165) is 4.57 Å². The van der Waals surface area contributed by atoms with E-state index in [9.17, 15) is 14.4 Å². The Kier molecular flexibility index (Phi) is 6.28. The van der Waals surface area contributed by atoms with Crippen molar-refractivity contribution in [3.63, 3.8) is 0 Å². The Morgan fingerprint density at radius 2 is 1.79 bits per heavy atom. The van der Waals surface area contributed by atoms with E-state index in [2.05, 4.69) is 15.6 Å². The molecule has 2 heterocycles. The zero-order chi connectivity index (χ0) is 20.3. The maximum absolute atomic E-state index is 12.5. The standard InChI is InChI=1S/C20H29N5O3/c1-13-12-15(23-17-16(13)19(27)25(3)20(28)24(17)2)18(26)22-11-10-21-14-8-6-4-5-7-9-14/h12,14,21H,4-11H2,1-3H3,(H,22,26). The first-order chi connectivity index (χ1) is 13.4. The second-order valence-corrected chi connectivity index (χ2v) is 7.63. The van der Waals surface area contributed by atoms with Gasteiger partial charge >= 0.3 is 5.69 Å². The van der Waals surface area contributed by atoms with Gasteiger partial charge in [0.15, 0.2) is 0 Å². The van der Waals surface area contributed by atoms with E-state index in [1.807, 2.05) is 0 Å². The van der Waals surface area contributed by atoms with Crippen LogP contribution in [0.25, 0.3) is 11.0 Å². The molecule has 8 nitrogen and oxygen atoms in total. The van der Waals surface area contributed by atoms with Gasteiger partial charge in [-0.1, -0.05) is 25.7 Å². The molecule has 0 bridgehead atoms. The third-order valence-corrected chi connectivity index (χ3v) is 5.54. The van der Waals surface area contributed by atoms with Gasteiger partial charge in [0.2, 0.25) is 0 Å². The molecule has 0 spiro atoms. The molecular formula is C20H29N5O3. The number of nitrogens with zero attached hydrogens (tertiary/aromatic N) is 3. The van der Waals surface area contributed by atoms with E-state index < -0.39 is 11.2 Å². The van der Waals surface area contributed by atoms with Crippen molar-refractivity contribution in [1.29, 1.82) is 0 Å². The highest BCUT2D eigenvalue weighted by Crippen LogP contribution is 2.17. The molecule has 2 aromatic heterocycles. The van der Waals surface area contributed by atoms with E-state index in [1.54, 1.807) is 20.0 Å². The zero-order valence-corrected chi connectivity index (χ0v) is 16.9. The van der Waals surface area contributed by atoms with Crippen molar-refractivity contribution in [3.8, 4) is 0 Å². The van der Waals surface area contributed by atoms with Crippen LogP contribution in [0.1, 0.15) is 54.6 Å². The van der Waals surface area contributed by atoms with Gasteiger partial charge in [-0.25, -0.2) is 9.78 Å². The summed E-state index contributed by atoms with van der Waals surface area (Å²) in [7, 11) is 2.99. The number of amides is 1. The van der Waals surface area contributed by atoms with Gasteiger partial charge in [-0.3, -0.25) is 18.7 Å². The fraction of sp³-hybridized carbons (Fsp3) is 0.600. The lowest BCUT2D eigenvalue weighted by Crippen LogP contribution is -2.39. The monoisotopic (exact) mass is 387 g/mol. The molecule has 1 saturated carbocycles. The molecular weight excluding hydrogens is 358 g/mol. The maximum atomic E-state index is 12.5. The van der Waals surface area contributed by atoms with Crippen molar-refractivity contribution < 1.29 is 4.79 Å². The van der Waals surface area contributed by atoms with Crippen molar-refractivity contribution in [2.45, 2.75) is 51.5 Å². The van der Waals surface area contributed by atoms with Gasteiger partial charge in [-0.05, 0) is 31.4 Å². The maximum Gasteiger partial charge on any atom is 0.332 e. The minimum Gasteiger partial charge on any atom is -0.349 e. The highest BCUT2D eigenvalue weighted by atomic mass is 16.2. The van der Waals surface area contributed by atoms with Crippen LogP contribution in [-0.2, 0) is 14.1 Å². The number of hydrogen-bond donors (Lipinski definition) is 2. The smallest absolute Gasteiger partial charge is 0.332 e. The van der Waals surface area contributed by atoms with Crippen LogP contribution >= 0.6 is 0 Å². The first-order valence-corrected chi connectivity index (χ1v) is 9.99. The lowest BCUT2D eigenvalue weighted by molar-refractivity contribution is 0.0948. The quantitative estimate of drug-likeness (QED) is 0.589. The van der Waals surface area contributed by atoms with Gasteiger partial charge in [0.25, 0.3) is 11.5 Å². The van der Waals surface area contributed by atoms with Crippen LogP contribution in [0.4, 0.5) is 0 Å². The normalized spacial score (nSPS) is 15.5. The van der Waals surface area contributed by atoms with E-state index in [1.165, 1.54) is 50.1 Å². The second kappa shape index (κ2) is 8.68. The van der Waals surface area contributed by atoms with Crippen molar-refractivity contribution in [2.75, 3.05) is 13.1 Å². The Balaban J connectivity index is 1.70. The molecule has 0 radical (unpaired) electrons. The number of fused-ring (bicyclic) bond motifs is 1. The van der Waals surface area contributed by atoms with Crippen LogP contribution in [0, 0.1) is 6.92 Å². The molecule has 2 N–H and O–H groups in total. The summed E-state index contributed by atoms with van der Waals surface area (Å²) in [5.41, 5.74) is 0.206. The summed E-state index contributed by atoms with van der Waals surface area (Å²) in [6.45, 7) is 2.96. The third-order valence-electron chi connectivity index (χ3n) is 5.54. The van der Waals surface area contributed by atoms with Crippen LogP contribution < -0.4 is 21.9 Å². The third kappa shape index (κ3) is 4.16. The van der Waals surface area contributed by atoms with Crippen molar-refractivity contribution in [3.05, 3.63) is 38.2 Å². The Bertz CT molecular complexity index is 984. The molecule has 1 aliphatic rings. The topological polar surface area (TPSA) is 98.0 Å². The lowest BCUT2D eigenvalue weighted by Gasteiger charge is -2.16. The highest BCUT2D eigenvalue weighted by Gasteiger charge is 2.17. The number of pyridine rings is 1. The van der Waals surface area contributed by atoms with Gasteiger partial charge in [0.05, 0.1) is 5.39 Å². The number of aryl methyl sites for hydroxylation is 2. The fourth-order valence-electron chi connectivity index (χ4n) is 3.88. The summed E-state index contributed by atoms with van der Waals surface area (Å²) in [4.78, 5) is 41.4. The Morgan fingerprint density at radius 1 is 1.11 bits per heavy atom. The van der Waals surface area contributed by atoms with Gasteiger partial charge in [-0.15, -0.1) is 0 Å². The number of aromatic nitrogens is 3. The van der Waals surface area contributed by atoms with Gasteiger partial charge in [-0.2, -0.15) is 0 Å². The summed E-state index contributed by atoms with van der Waals surface area (Å²) in [6, 6.07) is 2.13. The predicted molar refractivity (Wildman–Crippen MR) is 109 cm³/mol. The Labute approximate surface area is 164 Å². The predicted octanol–water partition coefficient (Wildman–Crippen LogP) is 0.983. The first-order valence-electron chi connectivity index (χ1n) is 9.99. The summed E-state index contributed by atoms with van der Waals surface area (Å²) < 4.78 is 2.35. The Morgan fingerprint density at radius 3 is 2.46 bits per heavy atom. The highest BCUT2D eigenvalue weighted by molar-refractivity contribution is 5.95. The minimum absolute atomic E-state index is 0.211. The SMILES string of the molecule is Cc1cc(C(=O)NCCNC2CCCCCC2)nc2c1c(=O)n(C)c(=O)n2C. The molecule has 1 fully saturated rings. The van der Waals surface area contributed by atoms with Crippen molar-refractivity contribution in [1.82, 2.24) is 24.8 Å². The van der Waals surface area contributed by atoms with Crippen LogP contribution in [0.15, 0.2) is 15.7 Å². The van der Waals surface area contributed by atoms with Crippen LogP contribution in [0.5, 0.6) is 0 Å². The number of nitrogens with one attached hydrogen (secondary N) is 2. The molecule has 28 heavy (non-hydrogen) atoms. The van der Waals surface area contributed by atoms with Gasteiger partial charge < -0.3 is 10.6 Å². The van der Waals surface area contributed by atoms with Crippen molar-refractivity contribution >= 4 is 16.9 Å². The summed E-state index contributed by atoms with van der Waals surface area (Å²) in [5.74, 6) is -0.305. The van der Waals surface area contributed by atoms with Gasteiger partial charge in [0.1, 0.15) is 11.3 Å². The molecule has 0 aromatic carbocycles. The number of carbonyl (C=O) groups is 1. The molecule has 3 rings (SSSR count). The first kappa shape index (κ1) is 20.3. The molecule has 0 atom stereocenters. The summed E-state index contributed by atoms with van der Waals surface area (Å²) in [5, 5.41) is 6.74. The van der Waals surface area contributed by atoms with Crippen LogP contribution in [0.2, 0.25) is 0 Å². The molecule has 0 aliphatic heterocycles. The molecule has 0 saturated heterocycles. The van der Waals surface area contributed by atoms with Crippen molar-refractivity contribution in [2.24, 2.45) is 14.1 Å². The fourth-order valence-corrected chi connectivity index (χ4v) is 3.88. The summed E-state index contributed by atoms with van der Waals surface area (Å²) >= 11 is 0. The zero-order valence-electron chi connectivity index (χ0n) is 16.9. The molecule has 2 aromatic rings. The Hall–Kier alpha value is -2.48. The molecule has 1 amide bonds.